The van der Waals surface area contributed by atoms with Gasteiger partial charge in [-0.2, -0.15) is 0 Å². The molecule has 0 aromatic carbocycles. The van der Waals surface area contributed by atoms with Gasteiger partial charge in [0.15, 0.2) is 0 Å². The van der Waals surface area contributed by atoms with Crippen LogP contribution in [-0.4, -0.2) is 35.6 Å². The van der Waals surface area contributed by atoms with Crippen molar-refractivity contribution in [3.8, 4) is 0 Å². The first-order chi connectivity index (χ1) is 7.66. The number of carbonyl (C=O) groups is 1. The van der Waals surface area contributed by atoms with Crippen LogP contribution in [0.5, 0.6) is 0 Å². The van der Waals surface area contributed by atoms with Gasteiger partial charge >= 0.3 is 5.97 Å². The summed E-state index contributed by atoms with van der Waals surface area (Å²) in [6, 6.07) is 0.530. The van der Waals surface area contributed by atoms with E-state index in [0.29, 0.717) is 6.04 Å². The van der Waals surface area contributed by atoms with E-state index in [-0.39, 0.29) is 5.92 Å². The number of carboxylic acids is 1. The Morgan fingerprint density at radius 1 is 1.31 bits per heavy atom. The van der Waals surface area contributed by atoms with E-state index in [0.717, 1.165) is 25.3 Å². The lowest BCUT2D eigenvalue weighted by atomic mass is 9.79. The second-order valence-corrected chi connectivity index (χ2v) is 5.58. The van der Waals surface area contributed by atoms with Gasteiger partial charge in [0.2, 0.25) is 0 Å². The molecule has 0 bridgehead atoms. The molecule has 0 aliphatic heterocycles. The molecule has 0 aromatic heterocycles. The molecule has 0 heterocycles. The van der Waals surface area contributed by atoms with Crippen LogP contribution in [0.2, 0.25) is 0 Å². The third-order valence-corrected chi connectivity index (χ3v) is 4.45. The Balaban J connectivity index is 1.61. The lowest BCUT2D eigenvalue weighted by Gasteiger charge is -2.39. The molecule has 3 heteroatoms. The number of carboxylic acid groups (broad SMARTS) is 1. The number of hydrogen-bond acceptors (Lipinski definition) is 2. The number of aliphatic carboxylic acids is 1. The zero-order chi connectivity index (χ0) is 11.5. The highest BCUT2D eigenvalue weighted by atomic mass is 16.4. The maximum atomic E-state index is 10.7. The molecule has 0 saturated heterocycles. The van der Waals surface area contributed by atoms with Gasteiger partial charge in [-0.15, -0.1) is 0 Å². The van der Waals surface area contributed by atoms with Crippen molar-refractivity contribution < 1.29 is 9.90 Å². The first-order valence-electron chi connectivity index (χ1n) is 6.60. The Bertz CT molecular complexity index is 242. The van der Waals surface area contributed by atoms with Crippen molar-refractivity contribution in [1.29, 1.82) is 0 Å². The monoisotopic (exact) mass is 225 g/mol. The maximum Gasteiger partial charge on any atom is 0.306 e. The van der Waals surface area contributed by atoms with Gasteiger partial charge < -0.3 is 10.0 Å². The Morgan fingerprint density at radius 2 is 1.94 bits per heavy atom. The van der Waals surface area contributed by atoms with Crippen LogP contribution in [0.3, 0.4) is 0 Å². The van der Waals surface area contributed by atoms with Gasteiger partial charge in [-0.1, -0.05) is 25.7 Å². The van der Waals surface area contributed by atoms with Gasteiger partial charge in [0.1, 0.15) is 0 Å². The summed E-state index contributed by atoms with van der Waals surface area (Å²) >= 11 is 0. The Labute approximate surface area is 97.8 Å². The predicted molar refractivity (Wildman–Crippen MR) is 63.4 cm³/mol. The highest BCUT2D eigenvalue weighted by molar-refractivity contribution is 5.71. The third kappa shape index (κ3) is 2.76. The van der Waals surface area contributed by atoms with Gasteiger partial charge in [-0.3, -0.25) is 4.79 Å². The van der Waals surface area contributed by atoms with E-state index in [1.807, 2.05) is 0 Å². The molecule has 0 atom stereocenters. The normalized spacial score (nSPS) is 30.6. The molecule has 0 radical (unpaired) electrons. The molecular formula is C13H23NO2. The lowest BCUT2D eigenvalue weighted by Crippen LogP contribution is -2.45. The van der Waals surface area contributed by atoms with E-state index in [9.17, 15) is 4.79 Å². The molecule has 0 spiro atoms. The minimum absolute atomic E-state index is 0.0704. The van der Waals surface area contributed by atoms with Crippen LogP contribution < -0.4 is 0 Å². The van der Waals surface area contributed by atoms with Crippen LogP contribution in [-0.2, 0) is 4.79 Å². The summed E-state index contributed by atoms with van der Waals surface area (Å²) in [5.41, 5.74) is 0. The Kier molecular flexibility index (Phi) is 3.85. The Hall–Kier alpha value is -0.570. The van der Waals surface area contributed by atoms with Crippen LogP contribution in [0.1, 0.15) is 44.9 Å². The second kappa shape index (κ2) is 5.17. The van der Waals surface area contributed by atoms with Crippen molar-refractivity contribution in [3.05, 3.63) is 0 Å². The average Bonchev–Trinajstić information content (AvgIpc) is 2.63. The Morgan fingerprint density at radius 3 is 2.50 bits per heavy atom. The van der Waals surface area contributed by atoms with Crippen molar-refractivity contribution in [1.82, 2.24) is 4.90 Å². The highest BCUT2D eigenvalue weighted by Crippen LogP contribution is 2.32. The molecule has 0 aromatic rings. The highest BCUT2D eigenvalue weighted by Gasteiger charge is 2.36. The number of nitrogens with zero attached hydrogens (tertiary/aromatic N) is 1. The summed E-state index contributed by atoms with van der Waals surface area (Å²) in [5, 5.41) is 8.82. The molecule has 1 N–H and O–H groups in total. The summed E-state index contributed by atoms with van der Waals surface area (Å²) in [6.45, 7) is 1.15. The van der Waals surface area contributed by atoms with Crippen molar-refractivity contribution in [3.63, 3.8) is 0 Å². The van der Waals surface area contributed by atoms with Gasteiger partial charge in [-0.25, -0.2) is 0 Å². The van der Waals surface area contributed by atoms with Gasteiger partial charge in [0.25, 0.3) is 0 Å². The minimum Gasteiger partial charge on any atom is -0.481 e. The van der Waals surface area contributed by atoms with E-state index in [4.69, 9.17) is 5.11 Å². The van der Waals surface area contributed by atoms with Crippen molar-refractivity contribution in [2.75, 3.05) is 13.6 Å². The topological polar surface area (TPSA) is 40.5 Å². The summed E-state index contributed by atoms with van der Waals surface area (Å²) in [6.07, 6.45) is 8.68. The van der Waals surface area contributed by atoms with E-state index in [1.165, 1.54) is 32.1 Å². The van der Waals surface area contributed by atoms with Crippen LogP contribution in [0, 0.1) is 11.8 Å². The predicted octanol–water partition coefficient (Wildman–Crippen LogP) is 2.36. The van der Waals surface area contributed by atoms with Crippen LogP contribution in [0.25, 0.3) is 0 Å². The first kappa shape index (κ1) is 11.9. The molecule has 3 nitrogen and oxygen atoms in total. The molecule has 2 aliphatic carbocycles. The van der Waals surface area contributed by atoms with Crippen LogP contribution in [0.4, 0.5) is 0 Å². The molecule has 92 valence electrons. The number of rotatable bonds is 5. The molecule has 16 heavy (non-hydrogen) atoms. The molecule has 0 amide bonds. The fraction of sp³-hybridized carbons (Fsp3) is 0.923. The standard InChI is InChI=1S/C13H23NO2/c1-14(7-6-10-4-2-3-5-10)12-8-11(9-12)13(15)16/h10-12H,2-9H2,1H3,(H,15,16). The van der Waals surface area contributed by atoms with Gasteiger partial charge in [0, 0.05) is 6.04 Å². The fourth-order valence-corrected chi connectivity index (χ4v) is 3.02. The minimum atomic E-state index is -0.611. The fourth-order valence-electron chi connectivity index (χ4n) is 3.02. The van der Waals surface area contributed by atoms with E-state index < -0.39 is 5.97 Å². The summed E-state index contributed by atoms with van der Waals surface area (Å²) in [4.78, 5) is 13.1. The smallest absolute Gasteiger partial charge is 0.306 e. The van der Waals surface area contributed by atoms with Crippen LogP contribution in [0.15, 0.2) is 0 Å². The summed E-state index contributed by atoms with van der Waals surface area (Å²) < 4.78 is 0. The van der Waals surface area contributed by atoms with Crippen LogP contribution >= 0.6 is 0 Å². The average molecular weight is 225 g/mol. The lowest BCUT2D eigenvalue weighted by molar-refractivity contribution is -0.146. The number of hydrogen-bond donors (Lipinski definition) is 1. The van der Waals surface area contributed by atoms with E-state index in [1.54, 1.807) is 0 Å². The summed E-state index contributed by atoms with van der Waals surface area (Å²) in [7, 11) is 2.15. The second-order valence-electron chi connectivity index (χ2n) is 5.58. The van der Waals surface area contributed by atoms with E-state index in [2.05, 4.69) is 11.9 Å². The van der Waals surface area contributed by atoms with Crippen molar-refractivity contribution in [2.45, 2.75) is 51.0 Å². The zero-order valence-electron chi connectivity index (χ0n) is 10.2. The third-order valence-electron chi connectivity index (χ3n) is 4.45. The van der Waals surface area contributed by atoms with Gasteiger partial charge in [-0.05, 0) is 38.8 Å². The molecular weight excluding hydrogens is 202 g/mol. The molecule has 0 unspecified atom stereocenters. The largest absolute Gasteiger partial charge is 0.481 e. The van der Waals surface area contributed by atoms with Crippen molar-refractivity contribution >= 4 is 5.97 Å². The molecule has 2 rings (SSSR count). The summed E-state index contributed by atoms with van der Waals surface area (Å²) in [5.74, 6) is 0.261. The molecule has 2 fully saturated rings. The first-order valence-corrected chi connectivity index (χ1v) is 6.60. The molecule has 2 aliphatic rings. The SMILES string of the molecule is CN(CCC1CCCC1)C1CC(C(=O)O)C1. The maximum absolute atomic E-state index is 10.7. The van der Waals surface area contributed by atoms with E-state index >= 15 is 0 Å². The molecule has 2 saturated carbocycles. The zero-order valence-corrected chi connectivity index (χ0v) is 10.2. The van der Waals surface area contributed by atoms with Crippen molar-refractivity contribution in [2.24, 2.45) is 11.8 Å². The van der Waals surface area contributed by atoms with Gasteiger partial charge in [0.05, 0.1) is 5.92 Å². The quantitative estimate of drug-likeness (QED) is 0.781.